The summed E-state index contributed by atoms with van der Waals surface area (Å²) in [5.74, 6) is 1.30. The third kappa shape index (κ3) is 4.08. The molecule has 0 spiro atoms. The van der Waals surface area contributed by atoms with Gasteiger partial charge in [-0.2, -0.15) is 5.26 Å². The fraction of sp³-hybridized carbons (Fsp3) is 0.231. The zero-order valence-electron chi connectivity index (χ0n) is 10.6. The Kier molecular flexibility index (Phi) is 6.05. The highest BCUT2D eigenvalue weighted by Crippen LogP contribution is 2.34. The van der Waals surface area contributed by atoms with E-state index in [2.05, 4.69) is 22.6 Å². The molecule has 0 bridgehead atoms. The molecule has 100 valence electrons. The van der Waals surface area contributed by atoms with Gasteiger partial charge in [0, 0.05) is 0 Å². The lowest BCUT2D eigenvalue weighted by atomic mass is 10.1. The second-order valence-electron chi connectivity index (χ2n) is 3.50. The van der Waals surface area contributed by atoms with Crippen LogP contribution in [-0.2, 0) is 0 Å². The molecule has 0 aromatic heterocycles. The highest BCUT2D eigenvalue weighted by molar-refractivity contribution is 14.1. The third-order valence-corrected chi connectivity index (χ3v) is 3.26. The Morgan fingerprint density at radius 2 is 2.26 bits per heavy atom. The average Bonchev–Trinajstić information content (AvgIpc) is 2.38. The number of ether oxygens (including phenoxy) is 2. The van der Waals surface area contributed by atoms with Crippen molar-refractivity contribution in [1.29, 1.82) is 5.26 Å². The number of hydrogen-bond acceptors (Lipinski definition) is 4. The number of halogens is 1. The maximum Gasteiger partial charge on any atom is 0.174 e. The van der Waals surface area contributed by atoms with E-state index in [1.807, 2.05) is 19.1 Å². The Bertz CT molecular complexity index is 564. The van der Waals surface area contributed by atoms with Crippen LogP contribution in [-0.4, -0.2) is 18.7 Å². The Balaban J connectivity index is 3.30. The van der Waals surface area contributed by atoms with E-state index in [1.54, 1.807) is 19.3 Å². The summed E-state index contributed by atoms with van der Waals surface area (Å²) in [4.78, 5) is 0.0744. The zero-order valence-corrected chi connectivity index (χ0v) is 13.5. The summed E-state index contributed by atoms with van der Waals surface area (Å²) in [6.07, 6.45) is 1.63. The number of benzene rings is 1. The highest BCUT2D eigenvalue weighted by atomic mass is 127. The number of thiocarbonyl (C=S) groups is 1. The molecule has 0 radical (unpaired) electrons. The molecular weight excluding hydrogens is 375 g/mol. The molecule has 1 aromatic rings. The molecule has 0 unspecified atom stereocenters. The monoisotopic (exact) mass is 388 g/mol. The topological polar surface area (TPSA) is 68.3 Å². The first-order valence-electron chi connectivity index (χ1n) is 5.45. The Hall–Kier alpha value is -1.33. The Morgan fingerprint density at radius 3 is 2.74 bits per heavy atom. The Morgan fingerprint density at radius 1 is 1.58 bits per heavy atom. The SMILES string of the molecule is CCOc1c(I)cc(C=C(C#N)C(N)=S)cc1OC. The highest BCUT2D eigenvalue weighted by Gasteiger charge is 2.11. The van der Waals surface area contributed by atoms with Gasteiger partial charge in [-0.1, -0.05) is 12.2 Å². The Labute approximate surface area is 131 Å². The molecule has 2 N–H and O–H groups in total. The molecule has 0 amide bonds. The summed E-state index contributed by atoms with van der Waals surface area (Å²) in [7, 11) is 1.57. The van der Waals surface area contributed by atoms with Crippen molar-refractivity contribution in [2.45, 2.75) is 6.92 Å². The van der Waals surface area contributed by atoms with Gasteiger partial charge in [0.25, 0.3) is 0 Å². The van der Waals surface area contributed by atoms with E-state index >= 15 is 0 Å². The van der Waals surface area contributed by atoms with Gasteiger partial charge in [-0.15, -0.1) is 0 Å². The predicted octanol–water partition coefficient (Wildman–Crippen LogP) is 2.89. The third-order valence-electron chi connectivity index (χ3n) is 2.24. The van der Waals surface area contributed by atoms with E-state index in [1.165, 1.54) is 0 Å². The molecule has 0 atom stereocenters. The van der Waals surface area contributed by atoms with E-state index in [9.17, 15) is 0 Å². The number of nitrogens with two attached hydrogens (primary N) is 1. The molecule has 0 aliphatic rings. The standard InChI is InChI=1S/C13H13IN2O2S/c1-3-18-12-10(14)5-8(6-11(12)17-2)4-9(7-15)13(16)19/h4-6H,3H2,1-2H3,(H2,16,19). The molecule has 0 heterocycles. The summed E-state index contributed by atoms with van der Waals surface area (Å²) >= 11 is 6.96. The summed E-state index contributed by atoms with van der Waals surface area (Å²) in [6, 6.07) is 5.63. The first-order chi connectivity index (χ1) is 9.03. The van der Waals surface area contributed by atoms with Gasteiger partial charge >= 0.3 is 0 Å². The van der Waals surface area contributed by atoms with Crippen molar-refractivity contribution in [2.24, 2.45) is 5.73 Å². The van der Waals surface area contributed by atoms with E-state index in [4.69, 9.17) is 32.7 Å². The lowest BCUT2D eigenvalue weighted by molar-refractivity contribution is 0.308. The van der Waals surface area contributed by atoms with Crippen LogP contribution in [0, 0.1) is 14.9 Å². The first-order valence-corrected chi connectivity index (χ1v) is 6.94. The number of nitriles is 1. The molecule has 1 rings (SSSR count). The second kappa shape index (κ2) is 7.31. The largest absolute Gasteiger partial charge is 0.493 e. The normalized spacial score (nSPS) is 10.7. The first kappa shape index (κ1) is 15.7. The van der Waals surface area contributed by atoms with Crippen molar-refractivity contribution < 1.29 is 9.47 Å². The number of hydrogen-bond donors (Lipinski definition) is 1. The lowest BCUT2D eigenvalue weighted by Crippen LogP contribution is -2.09. The molecule has 0 aliphatic heterocycles. The van der Waals surface area contributed by atoms with Crippen molar-refractivity contribution in [2.75, 3.05) is 13.7 Å². The van der Waals surface area contributed by atoms with Gasteiger partial charge in [-0.05, 0) is 53.3 Å². The van der Waals surface area contributed by atoms with E-state index in [0.717, 1.165) is 9.13 Å². The van der Waals surface area contributed by atoms with Crippen LogP contribution < -0.4 is 15.2 Å². The predicted molar refractivity (Wildman–Crippen MR) is 87.3 cm³/mol. The van der Waals surface area contributed by atoms with Crippen LogP contribution in [0.25, 0.3) is 6.08 Å². The molecule has 0 saturated heterocycles. The number of methoxy groups -OCH3 is 1. The maximum atomic E-state index is 8.95. The fourth-order valence-electron chi connectivity index (χ4n) is 1.43. The molecular formula is C13H13IN2O2S. The van der Waals surface area contributed by atoms with Crippen molar-refractivity contribution in [3.05, 3.63) is 26.8 Å². The van der Waals surface area contributed by atoms with Crippen molar-refractivity contribution >= 4 is 45.9 Å². The van der Waals surface area contributed by atoms with Crippen molar-refractivity contribution in [1.82, 2.24) is 0 Å². The smallest absolute Gasteiger partial charge is 0.174 e. The quantitative estimate of drug-likeness (QED) is 0.364. The van der Waals surface area contributed by atoms with Crippen LogP contribution in [0.1, 0.15) is 12.5 Å². The zero-order chi connectivity index (χ0) is 14.4. The van der Waals surface area contributed by atoms with Gasteiger partial charge < -0.3 is 15.2 Å². The second-order valence-corrected chi connectivity index (χ2v) is 5.10. The molecule has 19 heavy (non-hydrogen) atoms. The average molecular weight is 388 g/mol. The molecule has 4 nitrogen and oxygen atoms in total. The molecule has 6 heteroatoms. The summed E-state index contributed by atoms with van der Waals surface area (Å²) in [5.41, 5.74) is 6.51. The van der Waals surface area contributed by atoms with Crippen LogP contribution >= 0.6 is 34.8 Å². The number of nitrogens with zero attached hydrogens (tertiary/aromatic N) is 1. The van der Waals surface area contributed by atoms with Crippen LogP contribution in [0.3, 0.4) is 0 Å². The summed E-state index contributed by atoms with van der Waals surface area (Å²) in [5, 5.41) is 8.95. The summed E-state index contributed by atoms with van der Waals surface area (Å²) in [6.45, 7) is 2.46. The van der Waals surface area contributed by atoms with Crippen LogP contribution in [0.15, 0.2) is 17.7 Å². The van der Waals surface area contributed by atoms with Gasteiger partial charge in [0.1, 0.15) is 11.1 Å². The van der Waals surface area contributed by atoms with Gasteiger partial charge in [0.15, 0.2) is 11.5 Å². The van der Waals surface area contributed by atoms with Gasteiger partial charge in [-0.25, -0.2) is 0 Å². The van der Waals surface area contributed by atoms with Crippen LogP contribution in [0.2, 0.25) is 0 Å². The van der Waals surface area contributed by atoms with Crippen LogP contribution in [0.4, 0.5) is 0 Å². The van der Waals surface area contributed by atoms with E-state index < -0.39 is 0 Å². The minimum atomic E-state index is 0.0744. The van der Waals surface area contributed by atoms with E-state index in [-0.39, 0.29) is 10.6 Å². The van der Waals surface area contributed by atoms with Gasteiger partial charge in [0.05, 0.1) is 22.9 Å². The molecule has 1 aromatic carbocycles. The lowest BCUT2D eigenvalue weighted by Gasteiger charge is -2.12. The van der Waals surface area contributed by atoms with Crippen LogP contribution in [0.5, 0.6) is 11.5 Å². The fourth-order valence-corrected chi connectivity index (χ4v) is 2.32. The van der Waals surface area contributed by atoms with Crippen molar-refractivity contribution in [3.63, 3.8) is 0 Å². The minimum absolute atomic E-state index is 0.0744. The summed E-state index contributed by atoms with van der Waals surface area (Å²) < 4.78 is 11.7. The van der Waals surface area contributed by atoms with Gasteiger partial charge in [0.2, 0.25) is 0 Å². The number of rotatable bonds is 5. The minimum Gasteiger partial charge on any atom is -0.493 e. The van der Waals surface area contributed by atoms with E-state index in [0.29, 0.717) is 18.1 Å². The molecule has 0 aliphatic carbocycles. The maximum absolute atomic E-state index is 8.95. The van der Waals surface area contributed by atoms with Crippen molar-refractivity contribution in [3.8, 4) is 17.6 Å². The molecule has 0 fully saturated rings. The van der Waals surface area contributed by atoms with Gasteiger partial charge in [-0.3, -0.25) is 0 Å². The molecule has 0 saturated carbocycles.